The van der Waals surface area contributed by atoms with Crippen LogP contribution in [-0.2, 0) is 0 Å². The minimum absolute atomic E-state index is 0.169. The van der Waals surface area contributed by atoms with Crippen molar-refractivity contribution in [3.05, 3.63) is 35.1 Å². The molecular weight excluding hydrogens is 353 g/mol. The summed E-state index contributed by atoms with van der Waals surface area (Å²) in [5, 5.41) is 5.76. The maximum atomic E-state index is 12.2. The average Bonchev–Trinajstić information content (AvgIpc) is 2.41. The van der Waals surface area contributed by atoms with Gasteiger partial charge in [0.1, 0.15) is 11.6 Å². The number of benzene rings is 1. The molecule has 2 rings (SSSR count). The number of ether oxygens (including phenoxy) is 1. The minimum atomic E-state index is -4.73. The number of alkyl halides is 3. The van der Waals surface area contributed by atoms with Crippen LogP contribution in [0.5, 0.6) is 5.75 Å². The van der Waals surface area contributed by atoms with Gasteiger partial charge >= 0.3 is 6.36 Å². The first-order valence-corrected chi connectivity index (χ1v) is 6.49. The molecule has 0 atom stereocenters. The topological polar surface area (TPSA) is 59.1 Å². The van der Waals surface area contributed by atoms with Gasteiger partial charge in [-0.05, 0) is 34.1 Å². The third kappa shape index (κ3) is 4.48. The molecule has 0 spiro atoms. The Hall–Kier alpha value is -2.03. The Kier molecular flexibility index (Phi) is 4.51. The van der Waals surface area contributed by atoms with Crippen molar-refractivity contribution in [3.8, 4) is 5.75 Å². The van der Waals surface area contributed by atoms with E-state index < -0.39 is 6.36 Å². The first-order chi connectivity index (χ1) is 9.87. The van der Waals surface area contributed by atoms with E-state index in [1.807, 2.05) is 0 Å². The number of anilines is 3. The van der Waals surface area contributed by atoms with Gasteiger partial charge in [-0.2, -0.15) is 0 Å². The van der Waals surface area contributed by atoms with Crippen LogP contribution in [0.3, 0.4) is 0 Å². The first kappa shape index (κ1) is 15.4. The van der Waals surface area contributed by atoms with Crippen LogP contribution in [0.15, 0.2) is 35.1 Å². The van der Waals surface area contributed by atoms with E-state index in [4.69, 9.17) is 0 Å². The van der Waals surface area contributed by atoms with Crippen LogP contribution in [0.2, 0.25) is 0 Å². The van der Waals surface area contributed by atoms with Gasteiger partial charge in [0.25, 0.3) is 0 Å². The molecule has 112 valence electrons. The second kappa shape index (κ2) is 6.17. The van der Waals surface area contributed by atoms with Crippen LogP contribution in [0.25, 0.3) is 0 Å². The molecule has 0 radical (unpaired) electrons. The van der Waals surface area contributed by atoms with Gasteiger partial charge in [-0.3, -0.25) is 4.98 Å². The average molecular weight is 363 g/mol. The first-order valence-electron chi connectivity index (χ1n) is 5.69. The lowest BCUT2D eigenvalue weighted by atomic mass is 10.3. The number of nitrogens with one attached hydrogen (secondary N) is 2. The number of hydrogen-bond acceptors (Lipinski definition) is 5. The Labute approximate surface area is 126 Å². The number of nitrogens with zero attached hydrogens (tertiary/aromatic N) is 2. The lowest BCUT2D eigenvalue weighted by Crippen LogP contribution is -2.17. The fourth-order valence-corrected chi connectivity index (χ4v) is 1.94. The lowest BCUT2D eigenvalue weighted by Gasteiger charge is -2.12. The van der Waals surface area contributed by atoms with E-state index in [0.29, 0.717) is 17.3 Å². The van der Waals surface area contributed by atoms with Gasteiger partial charge in [0, 0.05) is 12.7 Å². The number of aromatic nitrogens is 2. The van der Waals surface area contributed by atoms with Gasteiger partial charge in [-0.25, -0.2) is 4.98 Å². The summed E-state index contributed by atoms with van der Waals surface area (Å²) in [4.78, 5) is 8.15. The molecule has 0 aliphatic rings. The third-order valence-electron chi connectivity index (χ3n) is 2.32. The van der Waals surface area contributed by atoms with Crippen molar-refractivity contribution >= 4 is 33.3 Å². The van der Waals surface area contributed by atoms with Gasteiger partial charge in [-0.1, -0.05) is 0 Å². The van der Waals surface area contributed by atoms with Crippen molar-refractivity contribution in [2.45, 2.75) is 6.36 Å². The van der Waals surface area contributed by atoms with Crippen molar-refractivity contribution < 1.29 is 17.9 Å². The largest absolute Gasteiger partial charge is 0.573 e. The SMILES string of the molecule is CNc1cncc(Nc2ccc(OC(F)(F)F)c(Br)c2)n1. The molecular formula is C12H10BrF3N4O. The molecule has 5 nitrogen and oxygen atoms in total. The second-order valence-electron chi connectivity index (χ2n) is 3.86. The van der Waals surface area contributed by atoms with Crippen LogP contribution in [-0.4, -0.2) is 23.4 Å². The zero-order chi connectivity index (χ0) is 15.5. The molecule has 1 heterocycles. The van der Waals surface area contributed by atoms with E-state index >= 15 is 0 Å². The summed E-state index contributed by atoms with van der Waals surface area (Å²) in [6.45, 7) is 0. The third-order valence-corrected chi connectivity index (χ3v) is 2.94. The molecule has 1 aromatic heterocycles. The van der Waals surface area contributed by atoms with Crippen molar-refractivity contribution in [3.63, 3.8) is 0 Å². The highest BCUT2D eigenvalue weighted by molar-refractivity contribution is 9.10. The highest BCUT2D eigenvalue weighted by Gasteiger charge is 2.31. The van der Waals surface area contributed by atoms with E-state index in [-0.39, 0.29) is 10.2 Å². The Bertz CT molecular complexity index is 636. The van der Waals surface area contributed by atoms with E-state index in [1.165, 1.54) is 24.4 Å². The Morgan fingerprint density at radius 1 is 1.19 bits per heavy atom. The molecule has 0 saturated heterocycles. The minimum Gasteiger partial charge on any atom is -0.405 e. The molecule has 0 aliphatic carbocycles. The second-order valence-corrected chi connectivity index (χ2v) is 4.71. The normalized spacial score (nSPS) is 11.1. The van der Waals surface area contributed by atoms with E-state index in [0.717, 1.165) is 0 Å². The van der Waals surface area contributed by atoms with Gasteiger partial charge < -0.3 is 15.4 Å². The maximum absolute atomic E-state index is 12.2. The zero-order valence-electron chi connectivity index (χ0n) is 10.7. The molecule has 0 fully saturated rings. The van der Waals surface area contributed by atoms with Crippen molar-refractivity contribution in [2.24, 2.45) is 0 Å². The number of hydrogen-bond donors (Lipinski definition) is 2. The highest BCUT2D eigenvalue weighted by atomic mass is 79.9. The Morgan fingerprint density at radius 2 is 1.90 bits per heavy atom. The smallest absolute Gasteiger partial charge is 0.405 e. The molecule has 21 heavy (non-hydrogen) atoms. The van der Waals surface area contributed by atoms with Gasteiger partial charge in [0.2, 0.25) is 0 Å². The summed E-state index contributed by atoms with van der Waals surface area (Å²) in [6, 6.07) is 4.10. The van der Waals surface area contributed by atoms with E-state index in [1.54, 1.807) is 13.2 Å². The van der Waals surface area contributed by atoms with Crippen molar-refractivity contribution in [1.29, 1.82) is 0 Å². The summed E-state index contributed by atoms with van der Waals surface area (Å²) >= 11 is 3.03. The predicted octanol–water partition coefficient (Wildman–Crippen LogP) is 3.92. The van der Waals surface area contributed by atoms with Crippen LogP contribution in [0.4, 0.5) is 30.5 Å². The summed E-state index contributed by atoms with van der Waals surface area (Å²) in [7, 11) is 1.70. The molecule has 9 heteroatoms. The lowest BCUT2D eigenvalue weighted by molar-refractivity contribution is -0.274. The summed E-state index contributed by atoms with van der Waals surface area (Å²) in [6.07, 6.45) is -1.69. The molecule has 2 aromatic rings. The van der Waals surface area contributed by atoms with E-state index in [9.17, 15) is 13.2 Å². The Morgan fingerprint density at radius 3 is 2.52 bits per heavy atom. The number of halogens is 4. The van der Waals surface area contributed by atoms with Crippen molar-refractivity contribution in [2.75, 3.05) is 17.7 Å². The molecule has 0 bridgehead atoms. The van der Waals surface area contributed by atoms with Gasteiger partial charge in [-0.15, -0.1) is 13.2 Å². The van der Waals surface area contributed by atoms with Gasteiger partial charge in [0.15, 0.2) is 5.82 Å². The summed E-state index contributed by atoms with van der Waals surface area (Å²) in [5.74, 6) is 0.706. The van der Waals surface area contributed by atoms with Crippen LogP contribution >= 0.6 is 15.9 Å². The zero-order valence-corrected chi connectivity index (χ0v) is 12.3. The Balaban J connectivity index is 2.16. The van der Waals surface area contributed by atoms with Gasteiger partial charge in [0.05, 0.1) is 16.9 Å². The molecule has 0 aliphatic heterocycles. The quantitative estimate of drug-likeness (QED) is 0.862. The summed E-state index contributed by atoms with van der Waals surface area (Å²) < 4.78 is 40.5. The maximum Gasteiger partial charge on any atom is 0.573 e. The molecule has 1 aromatic carbocycles. The van der Waals surface area contributed by atoms with E-state index in [2.05, 4.69) is 41.3 Å². The van der Waals surface area contributed by atoms with Crippen LogP contribution in [0.1, 0.15) is 0 Å². The monoisotopic (exact) mass is 362 g/mol. The standard InChI is InChI=1S/C12H10BrF3N4O/c1-17-10-5-18-6-11(20-10)19-7-2-3-9(8(13)4-7)21-12(14,15)16/h2-6H,1H3,(H2,17,19,20). The molecule has 0 unspecified atom stereocenters. The molecule has 2 N–H and O–H groups in total. The van der Waals surface area contributed by atoms with Crippen LogP contribution < -0.4 is 15.4 Å². The van der Waals surface area contributed by atoms with Crippen molar-refractivity contribution in [1.82, 2.24) is 9.97 Å². The molecule has 0 amide bonds. The number of rotatable bonds is 4. The highest BCUT2D eigenvalue weighted by Crippen LogP contribution is 2.33. The fourth-order valence-electron chi connectivity index (χ4n) is 1.48. The fraction of sp³-hybridized carbons (Fsp3) is 0.167. The van der Waals surface area contributed by atoms with Crippen LogP contribution in [0, 0.1) is 0 Å². The summed E-state index contributed by atoms with van der Waals surface area (Å²) in [5.41, 5.74) is 0.541. The predicted molar refractivity (Wildman–Crippen MR) is 75.7 cm³/mol. The molecule has 0 saturated carbocycles.